The number of rotatable bonds is 13. The molecule has 2 radical (unpaired) electrons. The number of aliphatic hydroxyl groups excluding tert-OH is 2. The van der Waals surface area contributed by atoms with Gasteiger partial charge in [-0.05, 0) is 85.3 Å². The Kier molecular flexibility index (Phi) is 11.9. The first-order chi connectivity index (χ1) is 24.7. The summed E-state index contributed by atoms with van der Waals surface area (Å²) in [7, 11) is 11.6. The highest BCUT2D eigenvalue weighted by Crippen LogP contribution is 2.61. The van der Waals surface area contributed by atoms with E-state index < -0.39 is 24.2 Å². The van der Waals surface area contributed by atoms with Crippen molar-refractivity contribution in [1.29, 1.82) is 0 Å². The summed E-state index contributed by atoms with van der Waals surface area (Å²) in [6.45, 7) is 8.99. The van der Waals surface area contributed by atoms with Crippen molar-refractivity contribution in [2.45, 2.75) is 95.3 Å². The Hall–Kier alpha value is -2.77. The molecule has 2 bridgehead atoms. The zero-order valence-corrected chi connectivity index (χ0v) is 32.6. The zero-order valence-electron chi connectivity index (χ0n) is 31.8. The molecule has 2 aliphatic heterocycles. The third-order valence-corrected chi connectivity index (χ3v) is 14.1. The molecule has 2 amide bonds. The SMILES string of the molecule is [B]C1CSC(CCNC(=O)c2cc(-c3cccc(CN4O[C@@H](CO)[C@H]([C@H](C)O)[C@H]4C(=O)N[C@H]4C[C@H]5C[C@@H]([C@@H]4C)C5(C)C)c3OC)cc(N(C)C)c2)C1. The first kappa shape index (κ1) is 38.9. The number of anilines is 1. The van der Waals surface area contributed by atoms with Crippen LogP contribution in [0.2, 0.25) is 5.82 Å². The summed E-state index contributed by atoms with van der Waals surface area (Å²) in [5, 5.41) is 29.8. The standard InChI is InChI=1S/C40H57BN4O6S/c1-22-32-16-27(40(32,3)4)17-33(22)43-39(49)36-35(23(2)47)34(20-46)51-45(36)19-24-9-8-10-31(37(24)50-7)25-13-26(15-29(14-25)44(5)6)38(48)42-12-11-30-18-28(41)21-52-30/h8-10,13-15,22-23,27-28,30,32-36,46-47H,11-12,16-21H2,1-7H3,(H,42,48)(H,43,49)/t22-,23-,27+,28?,30?,32-,33-,34-,35-,36-/m0/s1. The number of hydroxylamine groups is 2. The lowest BCUT2D eigenvalue weighted by molar-refractivity contribution is -0.183. The molecule has 5 fully saturated rings. The molecule has 2 aromatic rings. The Labute approximate surface area is 315 Å². The fourth-order valence-corrected chi connectivity index (χ4v) is 10.7. The second-order valence-electron chi connectivity index (χ2n) is 16.4. The van der Waals surface area contributed by atoms with E-state index >= 15 is 0 Å². The van der Waals surface area contributed by atoms with E-state index in [1.54, 1.807) is 19.1 Å². The maximum atomic E-state index is 14.2. The molecule has 3 saturated carbocycles. The predicted molar refractivity (Wildman–Crippen MR) is 208 cm³/mol. The highest BCUT2D eigenvalue weighted by Gasteiger charge is 2.57. The lowest BCUT2D eigenvalue weighted by Gasteiger charge is -2.62. The number of benzene rings is 2. The summed E-state index contributed by atoms with van der Waals surface area (Å²) in [6, 6.07) is 10.8. The van der Waals surface area contributed by atoms with E-state index in [1.807, 2.05) is 67.2 Å². The number of aliphatic hydroxyl groups is 2. The van der Waals surface area contributed by atoms with Crippen molar-refractivity contribution >= 4 is 37.1 Å². The average molecular weight is 733 g/mol. The fourth-order valence-electron chi connectivity index (χ4n) is 9.37. The first-order valence-electron chi connectivity index (χ1n) is 18.9. The number of hydrogen-bond acceptors (Lipinski definition) is 9. The molecule has 5 aliphatic rings. The van der Waals surface area contributed by atoms with Gasteiger partial charge >= 0.3 is 0 Å². The maximum absolute atomic E-state index is 14.2. The lowest BCUT2D eigenvalue weighted by Crippen LogP contribution is -2.62. The minimum Gasteiger partial charge on any atom is -0.496 e. The van der Waals surface area contributed by atoms with Gasteiger partial charge in [0.05, 0.1) is 34.2 Å². The van der Waals surface area contributed by atoms with Gasteiger partial charge in [-0.3, -0.25) is 14.4 Å². The Balaban J connectivity index is 1.25. The van der Waals surface area contributed by atoms with Gasteiger partial charge in [0.15, 0.2) is 0 Å². The number of hydrogen-bond donors (Lipinski definition) is 4. The van der Waals surface area contributed by atoms with Crippen molar-refractivity contribution in [2.24, 2.45) is 29.1 Å². The number of thioether (sulfide) groups is 1. The van der Waals surface area contributed by atoms with Crippen LogP contribution in [0.3, 0.4) is 0 Å². The van der Waals surface area contributed by atoms with Crippen LogP contribution in [0.1, 0.15) is 69.3 Å². The molecule has 0 spiro atoms. The summed E-state index contributed by atoms with van der Waals surface area (Å²) >= 11 is 1.88. The van der Waals surface area contributed by atoms with Crippen LogP contribution in [0.4, 0.5) is 5.69 Å². The van der Waals surface area contributed by atoms with Gasteiger partial charge in [-0.1, -0.05) is 44.8 Å². The second kappa shape index (κ2) is 15.9. The van der Waals surface area contributed by atoms with Crippen molar-refractivity contribution in [3.05, 3.63) is 47.5 Å². The van der Waals surface area contributed by atoms with Crippen molar-refractivity contribution in [3.8, 4) is 16.9 Å². The van der Waals surface area contributed by atoms with Crippen LogP contribution in [0.25, 0.3) is 11.1 Å². The van der Waals surface area contributed by atoms with Crippen LogP contribution in [-0.2, 0) is 16.2 Å². The molecule has 12 heteroatoms. The molecule has 2 aromatic carbocycles. The summed E-state index contributed by atoms with van der Waals surface area (Å²) in [4.78, 5) is 35.9. The van der Waals surface area contributed by atoms with Gasteiger partial charge in [0, 0.05) is 60.2 Å². The monoisotopic (exact) mass is 732 g/mol. The minimum atomic E-state index is -0.893. The predicted octanol–water partition coefficient (Wildman–Crippen LogP) is 4.67. The van der Waals surface area contributed by atoms with Crippen LogP contribution >= 0.6 is 11.8 Å². The van der Waals surface area contributed by atoms with Crippen LogP contribution in [0.5, 0.6) is 5.75 Å². The van der Waals surface area contributed by atoms with Crippen molar-refractivity contribution in [2.75, 3.05) is 45.0 Å². The quantitative estimate of drug-likeness (QED) is 0.218. The smallest absolute Gasteiger partial charge is 0.251 e. The third-order valence-electron chi connectivity index (χ3n) is 12.6. The molecular weight excluding hydrogens is 675 g/mol. The molecule has 52 heavy (non-hydrogen) atoms. The summed E-state index contributed by atoms with van der Waals surface area (Å²) in [5.74, 6) is 2.29. The molecule has 3 aliphatic carbocycles. The van der Waals surface area contributed by atoms with Crippen LogP contribution < -0.4 is 20.3 Å². The van der Waals surface area contributed by atoms with Gasteiger partial charge < -0.3 is 30.5 Å². The molecule has 10 atom stereocenters. The minimum absolute atomic E-state index is 0.0436. The Morgan fingerprint density at radius 3 is 2.58 bits per heavy atom. The first-order valence-corrected chi connectivity index (χ1v) is 19.9. The zero-order chi connectivity index (χ0) is 37.5. The van der Waals surface area contributed by atoms with E-state index in [1.165, 1.54) is 6.42 Å². The van der Waals surface area contributed by atoms with Crippen LogP contribution in [-0.4, -0.2) is 105 Å². The van der Waals surface area contributed by atoms with E-state index in [0.717, 1.165) is 47.4 Å². The number of carbonyl (C=O) groups is 2. The fraction of sp³-hybridized carbons (Fsp3) is 0.650. The Morgan fingerprint density at radius 1 is 1.19 bits per heavy atom. The summed E-state index contributed by atoms with van der Waals surface area (Å²) < 4.78 is 6.06. The van der Waals surface area contributed by atoms with Gasteiger partial charge in [-0.2, -0.15) is 16.8 Å². The van der Waals surface area contributed by atoms with Gasteiger partial charge in [0.25, 0.3) is 5.91 Å². The van der Waals surface area contributed by atoms with Gasteiger partial charge in [-0.25, -0.2) is 0 Å². The molecule has 10 nitrogen and oxygen atoms in total. The number of amides is 2. The molecule has 7 rings (SSSR count). The second-order valence-corrected chi connectivity index (χ2v) is 17.7. The summed E-state index contributed by atoms with van der Waals surface area (Å²) in [5.41, 5.74) is 4.07. The normalized spacial score (nSPS) is 31.4. The van der Waals surface area contributed by atoms with Crippen LogP contribution in [0.15, 0.2) is 36.4 Å². The number of para-hydroxylation sites is 1. The third kappa shape index (κ3) is 7.74. The topological polar surface area (TPSA) is 124 Å². The van der Waals surface area contributed by atoms with Crippen LogP contribution in [0, 0.1) is 29.1 Å². The maximum Gasteiger partial charge on any atom is 0.251 e. The molecule has 282 valence electrons. The van der Waals surface area contributed by atoms with Gasteiger partial charge in [0.2, 0.25) is 5.91 Å². The highest BCUT2D eigenvalue weighted by molar-refractivity contribution is 8.00. The molecule has 2 unspecified atom stereocenters. The summed E-state index contributed by atoms with van der Waals surface area (Å²) in [6.07, 6.45) is 2.35. The van der Waals surface area contributed by atoms with Crippen molar-refractivity contribution < 1.29 is 29.4 Å². The molecule has 2 heterocycles. The molecule has 0 aromatic heterocycles. The lowest BCUT2D eigenvalue weighted by atomic mass is 9.45. The van der Waals surface area contributed by atoms with E-state index in [-0.39, 0.29) is 42.2 Å². The van der Waals surface area contributed by atoms with E-state index in [9.17, 15) is 19.8 Å². The van der Waals surface area contributed by atoms with E-state index in [2.05, 4.69) is 31.4 Å². The average Bonchev–Trinajstić information content (AvgIpc) is 3.71. The van der Waals surface area contributed by atoms with Gasteiger partial charge in [0.1, 0.15) is 17.9 Å². The number of ether oxygens (including phenoxy) is 1. The number of carbonyl (C=O) groups excluding carboxylic acids is 2. The largest absolute Gasteiger partial charge is 0.496 e. The molecule has 4 N–H and O–H groups in total. The van der Waals surface area contributed by atoms with Crippen molar-refractivity contribution in [1.82, 2.24) is 15.7 Å². The van der Waals surface area contributed by atoms with Crippen molar-refractivity contribution in [3.63, 3.8) is 0 Å². The number of nitrogens with one attached hydrogen (secondary N) is 2. The highest BCUT2D eigenvalue weighted by atomic mass is 32.2. The van der Waals surface area contributed by atoms with E-state index in [4.69, 9.17) is 17.4 Å². The Morgan fingerprint density at radius 2 is 1.96 bits per heavy atom. The van der Waals surface area contributed by atoms with E-state index in [0.29, 0.717) is 40.9 Å². The molecule has 2 saturated heterocycles. The van der Waals surface area contributed by atoms with Gasteiger partial charge in [-0.15, -0.1) is 0 Å². The Bertz CT molecular complexity index is 1610. The molecular formula is C40H57BN4O6S. The number of fused-ring (bicyclic) bond motifs is 2. The number of nitrogens with zero attached hydrogens (tertiary/aromatic N) is 2. The number of methoxy groups -OCH3 is 1.